The highest BCUT2D eigenvalue weighted by atomic mass is 79.9. The van der Waals surface area contributed by atoms with Crippen LogP contribution >= 0.6 is 27.5 Å². The van der Waals surface area contributed by atoms with Crippen LogP contribution in [0.15, 0.2) is 71.2 Å². The maximum Gasteiger partial charge on any atom is 0.378 e. The molecule has 4 aromatic rings. The van der Waals surface area contributed by atoms with Gasteiger partial charge < -0.3 is 4.74 Å². The number of benzene rings is 3. The van der Waals surface area contributed by atoms with Gasteiger partial charge in [-0.05, 0) is 61.9 Å². The zero-order chi connectivity index (χ0) is 23.5. The predicted molar refractivity (Wildman–Crippen MR) is 130 cm³/mol. The van der Waals surface area contributed by atoms with Gasteiger partial charge in [0.1, 0.15) is 0 Å². The van der Waals surface area contributed by atoms with Crippen LogP contribution in [-0.2, 0) is 4.74 Å². The summed E-state index contributed by atoms with van der Waals surface area (Å²) in [4.78, 5) is 29.5. The number of aryl methyl sites for hydroxylation is 2. The fourth-order valence-corrected chi connectivity index (χ4v) is 3.70. The van der Waals surface area contributed by atoms with Gasteiger partial charge >= 0.3 is 5.97 Å². The first-order valence-corrected chi connectivity index (χ1v) is 11.3. The molecule has 0 spiro atoms. The molecular weight excluding hydrogens is 506 g/mol. The smallest absolute Gasteiger partial charge is 0.378 e. The maximum atomic E-state index is 12.7. The number of hydrogen-bond acceptors (Lipinski definition) is 5. The number of rotatable bonds is 6. The second-order valence-electron chi connectivity index (χ2n) is 7.47. The number of ketones is 1. The van der Waals surface area contributed by atoms with E-state index in [-0.39, 0.29) is 11.6 Å². The minimum absolute atomic E-state index is 0.136. The summed E-state index contributed by atoms with van der Waals surface area (Å²) in [6.07, 6.45) is 0. The number of Topliss-reactive ketones (excluding diaryl/α,β-unsaturated/α-hetero) is 1. The van der Waals surface area contributed by atoms with Crippen molar-refractivity contribution < 1.29 is 14.3 Å². The molecule has 6 nitrogen and oxygen atoms in total. The molecule has 0 aliphatic carbocycles. The minimum Gasteiger partial charge on any atom is -0.451 e. The van der Waals surface area contributed by atoms with Crippen molar-refractivity contribution in [2.24, 2.45) is 0 Å². The first-order chi connectivity index (χ1) is 15.8. The fourth-order valence-electron chi connectivity index (χ4n) is 3.31. The van der Waals surface area contributed by atoms with E-state index < -0.39 is 12.6 Å². The third-order valence-electron chi connectivity index (χ3n) is 4.97. The monoisotopic (exact) mass is 523 g/mol. The predicted octanol–water partition coefficient (Wildman–Crippen LogP) is 6.01. The van der Waals surface area contributed by atoms with E-state index in [1.807, 2.05) is 32.0 Å². The standard InChI is InChI=1S/C25H19BrClN3O3/c1-15-3-12-21(16(2)13-15)30-24(18-6-10-20(27)11-7-18)28-23(29-30)25(32)33-14-22(31)17-4-8-19(26)9-5-17/h3-13H,14H2,1-2H3. The molecule has 0 amide bonds. The van der Waals surface area contributed by atoms with Crippen LogP contribution in [0, 0.1) is 13.8 Å². The third kappa shape index (κ3) is 5.21. The number of halogens is 2. The van der Waals surface area contributed by atoms with Crippen molar-refractivity contribution >= 4 is 39.3 Å². The SMILES string of the molecule is Cc1ccc(-n2nc(C(=O)OCC(=O)c3ccc(Br)cc3)nc2-c2ccc(Cl)cc2)c(C)c1. The Hall–Kier alpha value is -3.29. The van der Waals surface area contributed by atoms with Gasteiger partial charge in [-0.3, -0.25) is 4.79 Å². The van der Waals surface area contributed by atoms with Crippen molar-refractivity contribution in [1.82, 2.24) is 14.8 Å². The van der Waals surface area contributed by atoms with Crippen LogP contribution in [0.4, 0.5) is 0 Å². The van der Waals surface area contributed by atoms with Gasteiger partial charge in [0.05, 0.1) is 5.69 Å². The normalized spacial score (nSPS) is 10.8. The van der Waals surface area contributed by atoms with Gasteiger partial charge in [-0.2, -0.15) is 0 Å². The summed E-state index contributed by atoms with van der Waals surface area (Å²) < 4.78 is 7.68. The Kier molecular flexibility index (Phi) is 6.72. The molecule has 1 aromatic heterocycles. The second-order valence-corrected chi connectivity index (χ2v) is 8.83. The second kappa shape index (κ2) is 9.68. The van der Waals surface area contributed by atoms with Crippen molar-refractivity contribution in [3.63, 3.8) is 0 Å². The van der Waals surface area contributed by atoms with Gasteiger partial charge in [-0.15, -0.1) is 5.10 Å². The van der Waals surface area contributed by atoms with Crippen molar-refractivity contribution in [3.8, 4) is 17.1 Å². The van der Waals surface area contributed by atoms with Crippen LogP contribution in [0.5, 0.6) is 0 Å². The molecule has 4 rings (SSSR count). The van der Waals surface area contributed by atoms with Gasteiger partial charge in [0, 0.05) is 20.6 Å². The van der Waals surface area contributed by atoms with Crippen LogP contribution < -0.4 is 0 Å². The molecular formula is C25H19BrClN3O3. The van der Waals surface area contributed by atoms with Crippen LogP contribution in [0.1, 0.15) is 32.1 Å². The molecule has 3 aromatic carbocycles. The van der Waals surface area contributed by atoms with Gasteiger partial charge in [-0.1, -0.05) is 57.4 Å². The Balaban J connectivity index is 1.64. The molecule has 166 valence electrons. The molecule has 0 N–H and O–H groups in total. The summed E-state index contributed by atoms with van der Waals surface area (Å²) in [7, 11) is 0. The molecule has 0 fully saturated rings. The molecule has 0 saturated carbocycles. The van der Waals surface area contributed by atoms with E-state index in [4.69, 9.17) is 16.3 Å². The topological polar surface area (TPSA) is 74.1 Å². The van der Waals surface area contributed by atoms with E-state index in [1.165, 1.54) is 0 Å². The zero-order valence-electron chi connectivity index (χ0n) is 17.9. The molecule has 0 saturated heterocycles. The summed E-state index contributed by atoms with van der Waals surface area (Å²) in [5, 5.41) is 5.00. The van der Waals surface area contributed by atoms with Crippen LogP contribution in [0.3, 0.4) is 0 Å². The van der Waals surface area contributed by atoms with Crippen molar-refractivity contribution in [1.29, 1.82) is 0 Å². The minimum atomic E-state index is -0.779. The molecule has 0 aliphatic heterocycles. The Morgan fingerprint density at radius 1 is 1.00 bits per heavy atom. The zero-order valence-corrected chi connectivity index (χ0v) is 20.2. The lowest BCUT2D eigenvalue weighted by Crippen LogP contribution is -2.15. The van der Waals surface area contributed by atoms with Gasteiger partial charge in [0.15, 0.2) is 18.2 Å². The third-order valence-corrected chi connectivity index (χ3v) is 5.75. The van der Waals surface area contributed by atoms with Crippen LogP contribution in [0.25, 0.3) is 17.1 Å². The van der Waals surface area contributed by atoms with Crippen LogP contribution in [0.2, 0.25) is 5.02 Å². The Morgan fingerprint density at radius 2 is 1.70 bits per heavy atom. The Morgan fingerprint density at radius 3 is 2.36 bits per heavy atom. The molecule has 1 heterocycles. The Bertz CT molecular complexity index is 1330. The lowest BCUT2D eigenvalue weighted by Gasteiger charge is -2.10. The summed E-state index contributed by atoms with van der Waals surface area (Å²) in [6, 6.07) is 19.8. The van der Waals surface area contributed by atoms with Gasteiger partial charge in [0.25, 0.3) is 5.82 Å². The van der Waals surface area contributed by atoms with Crippen molar-refractivity contribution in [3.05, 3.63) is 98.7 Å². The average Bonchev–Trinajstić information content (AvgIpc) is 3.23. The van der Waals surface area contributed by atoms with E-state index in [1.54, 1.807) is 53.2 Å². The quantitative estimate of drug-likeness (QED) is 0.228. The molecule has 0 radical (unpaired) electrons. The molecule has 0 aliphatic rings. The van der Waals surface area contributed by atoms with E-state index in [2.05, 4.69) is 26.0 Å². The van der Waals surface area contributed by atoms with Gasteiger partial charge in [-0.25, -0.2) is 14.5 Å². The van der Waals surface area contributed by atoms with E-state index >= 15 is 0 Å². The Labute approximate surface area is 204 Å². The number of hydrogen-bond donors (Lipinski definition) is 0. The lowest BCUT2D eigenvalue weighted by atomic mass is 10.1. The molecule has 0 atom stereocenters. The van der Waals surface area contributed by atoms with Crippen LogP contribution in [-0.4, -0.2) is 33.1 Å². The van der Waals surface area contributed by atoms with E-state index in [9.17, 15) is 9.59 Å². The van der Waals surface area contributed by atoms with Crippen molar-refractivity contribution in [2.75, 3.05) is 6.61 Å². The highest BCUT2D eigenvalue weighted by Crippen LogP contribution is 2.25. The average molecular weight is 525 g/mol. The summed E-state index contributed by atoms with van der Waals surface area (Å²) >= 11 is 9.36. The van der Waals surface area contributed by atoms with Crippen molar-refractivity contribution in [2.45, 2.75) is 13.8 Å². The van der Waals surface area contributed by atoms with Gasteiger partial charge in [0.2, 0.25) is 0 Å². The molecule has 8 heteroatoms. The number of ether oxygens (including phenoxy) is 1. The lowest BCUT2D eigenvalue weighted by molar-refractivity contribution is 0.0462. The fraction of sp³-hybridized carbons (Fsp3) is 0.120. The highest BCUT2D eigenvalue weighted by molar-refractivity contribution is 9.10. The highest BCUT2D eigenvalue weighted by Gasteiger charge is 2.22. The van der Waals surface area contributed by atoms with E-state index in [0.29, 0.717) is 16.4 Å². The number of nitrogens with zero attached hydrogens (tertiary/aromatic N) is 3. The number of carbonyl (C=O) groups is 2. The number of esters is 1. The first kappa shape index (κ1) is 22.9. The molecule has 0 bridgehead atoms. The number of aromatic nitrogens is 3. The maximum absolute atomic E-state index is 12.7. The molecule has 33 heavy (non-hydrogen) atoms. The van der Waals surface area contributed by atoms with E-state index in [0.717, 1.165) is 26.9 Å². The molecule has 0 unspecified atom stereocenters. The summed E-state index contributed by atoms with van der Waals surface area (Å²) in [5.74, 6) is -0.768. The largest absolute Gasteiger partial charge is 0.451 e. The summed E-state index contributed by atoms with van der Waals surface area (Å²) in [6.45, 7) is 3.56. The number of carbonyl (C=O) groups excluding carboxylic acids is 2. The summed E-state index contributed by atoms with van der Waals surface area (Å²) in [5.41, 5.74) is 4.04. The first-order valence-electron chi connectivity index (χ1n) is 10.1.